The van der Waals surface area contributed by atoms with Crippen LogP contribution in [0.1, 0.15) is 22.8 Å². The predicted molar refractivity (Wildman–Crippen MR) is 125 cm³/mol. The van der Waals surface area contributed by atoms with Crippen molar-refractivity contribution in [1.29, 1.82) is 0 Å². The van der Waals surface area contributed by atoms with Crippen LogP contribution in [0.3, 0.4) is 0 Å². The van der Waals surface area contributed by atoms with E-state index in [9.17, 15) is 9.18 Å². The van der Waals surface area contributed by atoms with Crippen molar-refractivity contribution in [2.24, 2.45) is 0 Å². The van der Waals surface area contributed by atoms with Gasteiger partial charge in [0.15, 0.2) is 0 Å². The highest BCUT2D eigenvalue weighted by Crippen LogP contribution is 2.49. The first kappa shape index (κ1) is 21.4. The molecule has 3 aromatic rings. The van der Waals surface area contributed by atoms with Crippen LogP contribution in [0.5, 0.6) is 0 Å². The van der Waals surface area contributed by atoms with Gasteiger partial charge in [-0.3, -0.25) is 4.79 Å². The van der Waals surface area contributed by atoms with Crippen molar-refractivity contribution >= 4 is 29.0 Å². The Morgan fingerprint density at radius 3 is 2.48 bits per heavy atom. The molecule has 0 spiro atoms. The topological polar surface area (TPSA) is 35.6 Å². The van der Waals surface area contributed by atoms with Gasteiger partial charge in [-0.15, -0.1) is 0 Å². The molecule has 1 aliphatic rings. The number of anilines is 2. The van der Waals surface area contributed by atoms with Gasteiger partial charge in [-0.05, 0) is 69.0 Å². The van der Waals surface area contributed by atoms with E-state index in [0.29, 0.717) is 12.1 Å². The van der Waals surface area contributed by atoms with Crippen molar-refractivity contribution in [3.8, 4) is 0 Å². The SMILES string of the molecule is CC(CN(C)C)N1c2ccccc2Sc2ccc(C(=O)NCc3ccc(F)cc3)cc21. The highest BCUT2D eigenvalue weighted by Gasteiger charge is 2.28. The van der Waals surface area contributed by atoms with Crippen LogP contribution >= 0.6 is 11.8 Å². The van der Waals surface area contributed by atoms with E-state index in [1.165, 1.54) is 22.7 Å². The minimum absolute atomic E-state index is 0.142. The Morgan fingerprint density at radius 1 is 1.03 bits per heavy atom. The molecule has 3 aromatic carbocycles. The standard InChI is InChI=1S/C25H26FN3OS/c1-17(16-28(2)3)29-21-6-4-5-7-23(21)31-24-13-10-19(14-22(24)29)25(30)27-15-18-8-11-20(26)12-9-18/h4-14,17H,15-16H2,1-3H3,(H,27,30). The highest BCUT2D eigenvalue weighted by atomic mass is 32.2. The van der Waals surface area contributed by atoms with Crippen LogP contribution in [0.4, 0.5) is 15.8 Å². The largest absolute Gasteiger partial charge is 0.348 e. The number of para-hydroxylation sites is 1. The van der Waals surface area contributed by atoms with Crippen LogP contribution in [0.25, 0.3) is 0 Å². The molecule has 4 nitrogen and oxygen atoms in total. The Bertz CT molecular complexity index is 1080. The monoisotopic (exact) mass is 435 g/mol. The van der Waals surface area contributed by atoms with Crippen molar-refractivity contribution < 1.29 is 9.18 Å². The number of halogens is 1. The summed E-state index contributed by atoms with van der Waals surface area (Å²) in [5, 5.41) is 2.94. The number of carbonyl (C=O) groups excluding carboxylic acids is 1. The van der Waals surface area contributed by atoms with E-state index in [2.05, 4.69) is 60.4 Å². The van der Waals surface area contributed by atoms with Gasteiger partial charge in [0.05, 0.1) is 11.4 Å². The first-order valence-corrected chi connectivity index (χ1v) is 11.1. The number of likely N-dealkylation sites (N-methyl/N-ethyl adjacent to an activating group) is 1. The van der Waals surface area contributed by atoms with Gasteiger partial charge in [0.1, 0.15) is 5.82 Å². The zero-order valence-electron chi connectivity index (χ0n) is 17.9. The maximum atomic E-state index is 13.1. The molecule has 0 bridgehead atoms. The molecule has 1 heterocycles. The van der Waals surface area contributed by atoms with E-state index in [4.69, 9.17) is 0 Å². The van der Waals surface area contributed by atoms with Crippen molar-refractivity contribution in [2.45, 2.75) is 29.3 Å². The molecule has 31 heavy (non-hydrogen) atoms. The molecule has 0 radical (unpaired) electrons. The lowest BCUT2D eigenvalue weighted by Crippen LogP contribution is -2.38. The van der Waals surface area contributed by atoms with E-state index < -0.39 is 0 Å². The molecule has 1 atom stereocenters. The number of hydrogen-bond acceptors (Lipinski definition) is 4. The van der Waals surface area contributed by atoms with Gasteiger partial charge < -0.3 is 15.1 Å². The van der Waals surface area contributed by atoms with E-state index in [-0.39, 0.29) is 17.8 Å². The van der Waals surface area contributed by atoms with Crippen molar-refractivity contribution in [3.05, 3.63) is 83.7 Å². The number of hydrogen-bond donors (Lipinski definition) is 1. The third-order valence-electron chi connectivity index (χ3n) is 5.26. The van der Waals surface area contributed by atoms with Crippen molar-refractivity contribution in [3.63, 3.8) is 0 Å². The van der Waals surface area contributed by atoms with Crippen LogP contribution in [-0.4, -0.2) is 37.5 Å². The molecule has 6 heteroatoms. The molecular formula is C25H26FN3OS. The Labute approximate surface area is 187 Å². The molecule has 0 aromatic heterocycles. The van der Waals surface area contributed by atoms with Gasteiger partial charge >= 0.3 is 0 Å². The average molecular weight is 436 g/mol. The Hall–Kier alpha value is -2.83. The molecule has 160 valence electrons. The minimum atomic E-state index is -0.283. The first-order valence-electron chi connectivity index (χ1n) is 10.3. The van der Waals surface area contributed by atoms with Crippen LogP contribution in [0, 0.1) is 5.82 Å². The fourth-order valence-corrected chi connectivity index (χ4v) is 4.95. The summed E-state index contributed by atoms with van der Waals surface area (Å²) in [5.41, 5.74) is 3.69. The quantitative estimate of drug-likeness (QED) is 0.569. The third kappa shape index (κ3) is 4.75. The lowest BCUT2D eigenvalue weighted by molar-refractivity contribution is 0.0951. The highest BCUT2D eigenvalue weighted by molar-refractivity contribution is 7.99. The predicted octanol–water partition coefficient (Wildman–Crippen LogP) is 5.31. The van der Waals surface area contributed by atoms with Crippen molar-refractivity contribution in [2.75, 3.05) is 25.5 Å². The number of carbonyl (C=O) groups is 1. The number of benzene rings is 3. The van der Waals surface area contributed by atoms with Crippen LogP contribution in [-0.2, 0) is 6.54 Å². The maximum absolute atomic E-state index is 13.1. The van der Waals surface area contributed by atoms with Gasteiger partial charge in [0, 0.05) is 34.5 Å². The number of rotatable bonds is 6. The molecule has 1 aliphatic heterocycles. The summed E-state index contributed by atoms with van der Waals surface area (Å²) in [6.45, 7) is 3.45. The summed E-state index contributed by atoms with van der Waals surface area (Å²) in [6.07, 6.45) is 0. The van der Waals surface area contributed by atoms with Crippen molar-refractivity contribution in [1.82, 2.24) is 10.2 Å². The smallest absolute Gasteiger partial charge is 0.251 e. The number of fused-ring (bicyclic) bond motifs is 2. The van der Waals surface area contributed by atoms with E-state index in [1.807, 2.05) is 18.2 Å². The second kappa shape index (κ2) is 9.12. The first-order chi connectivity index (χ1) is 14.9. The van der Waals surface area contributed by atoms with Crippen LogP contribution in [0.2, 0.25) is 0 Å². The molecule has 0 saturated heterocycles. The molecule has 1 unspecified atom stereocenters. The summed E-state index contributed by atoms with van der Waals surface area (Å²) in [7, 11) is 4.14. The Kier molecular flexibility index (Phi) is 6.30. The second-order valence-corrected chi connectivity index (χ2v) is 9.13. The Morgan fingerprint density at radius 2 is 1.74 bits per heavy atom. The number of amides is 1. The second-order valence-electron chi connectivity index (χ2n) is 8.04. The third-order valence-corrected chi connectivity index (χ3v) is 6.39. The normalized spacial score (nSPS) is 13.5. The maximum Gasteiger partial charge on any atom is 0.251 e. The summed E-state index contributed by atoms with van der Waals surface area (Å²) < 4.78 is 13.1. The van der Waals surface area contributed by atoms with E-state index >= 15 is 0 Å². The fourth-order valence-electron chi connectivity index (χ4n) is 3.90. The van der Waals surface area contributed by atoms with Gasteiger partial charge in [0.25, 0.3) is 5.91 Å². The Balaban J connectivity index is 1.61. The van der Waals surface area contributed by atoms with Gasteiger partial charge in [0.2, 0.25) is 0 Å². The zero-order chi connectivity index (χ0) is 22.0. The molecule has 0 saturated carbocycles. The zero-order valence-corrected chi connectivity index (χ0v) is 18.7. The average Bonchev–Trinajstić information content (AvgIpc) is 2.75. The molecule has 4 rings (SSSR count). The van der Waals surface area contributed by atoms with Gasteiger partial charge in [-0.25, -0.2) is 4.39 Å². The van der Waals surface area contributed by atoms with Crippen LogP contribution < -0.4 is 10.2 Å². The summed E-state index contributed by atoms with van der Waals surface area (Å²) >= 11 is 1.73. The van der Waals surface area contributed by atoms with Gasteiger partial charge in [-0.2, -0.15) is 0 Å². The molecule has 0 aliphatic carbocycles. The number of nitrogens with one attached hydrogen (secondary N) is 1. The molecule has 0 fully saturated rings. The molecule has 1 N–H and O–H groups in total. The lowest BCUT2D eigenvalue weighted by Gasteiger charge is -2.38. The molecule has 1 amide bonds. The summed E-state index contributed by atoms with van der Waals surface area (Å²) in [4.78, 5) is 19.7. The van der Waals surface area contributed by atoms with Gasteiger partial charge in [-0.1, -0.05) is 36.0 Å². The summed E-state index contributed by atoms with van der Waals surface area (Å²) in [6, 6.07) is 20.7. The minimum Gasteiger partial charge on any atom is -0.348 e. The number of nitrogens with zero attached hydrogens (tertiary/aromatic N) is 2. The molecular weight excluding hydrogens is 409 g/mol. The summed E-state index contributed by atoms with van der Waals surface area (Å²) in [5.74, 6) is -0.425. The van der Waals surface area contributed by atoms with Crippen LogP contribution in [0.15, 0.2) is 76.5 Å². The fraction of sp³-hybridized carbons (Fsp3) is 0.240. The van der Waals surface area contributed by atoms with E-state index in [1.54, 1.807) is 23.9 Å². The lowest BCUT2D eigenvalue weighted by atomic mass is 10.1. The van der Waals surface area contributed by atoms with E-state index in [0.717, 1.165) is 22.7 Å².